The van der Waals surface area contributed by atoms with Crippen LogP contribution in [-0.2, 0) is 6.54 Å². The Morgan fingerprint density at radius 1 is 1.29 bits per heavy atom. The lowest BCUT2D eigenvalue weighted by Gasteiger charge is -2.03. The van der Waals surface area contributed by atoms with E-state index in [-0.39, 0.29) is 5.91 Å². The van der Waals surface area contributed by atoms with E-state index in [1.54, 1.807) is 0 Å². The van der Waals surface area contributed by atoms with Gasteiger partial charge in [-0.15, -0.1) is 0 Å². The third kappa shape index (κ3) is 2.33. The Hall–Kier alpha value is -1.77. The van der Waals surface area contributed by atoms with Crippen molar-refractivity contribution in [2.24, 2.45) is 5.73 Å². The second kappa shape index (κ2) is 5.04. The number of carbonyl (C=O) groups is 1. The van der Waals surface area contributed by atoms with Gasteiger partial charge in [-0.05, 0) is 12.5 Å². The molecular formula is C14H18N2O. The van der Waals surface area contributed by atoms with Crippen molar-refractivity contribution in [2.75, 3.05) is 0 Å². The normalized spacial score (nSPS) is 10.9. The van der Waals surface area contributed by atoms with Crippen LogP contribution in [0.2, 0.25) is 0 Å². The zero-order valence-corrected chi connectivity index (χ0v) is 10.1. The predicted molar refractivity (Wildman–Crippen MR) is 70.0 cm³/mol. The standard InChI is InChI=1S/C14H18N2O/c1-2-3-6-9-16-10-12(14(15)17)11-7-4-5-8-13(11)16/h4-5,7-8,10H,2-3,6,9H2,1H3,(H2,15,17). The number of hydrogen-bond donors (Lipinski definition) is 1. The molecule has 2 rings (SSSR count). The van der Waals surface area contributed by atoms with E-state index in [9.17, 15) is 4.79 Å². The maximum absolute atomic E-state index is 11.4. The quantitative estimate of drug-likeness (QED) is 0.789. The van der Waals surface area contributed by atoms with Crippen LogP contribution in [0.1, 0.15) is 36.5 Å². The molecule has 1 aromatic heterocycles. The molecule has 0 saturated heterocycles. The zero-order chi connectivity index (χ0) is 12.3. The zero-order valence-electron chi connectivity index (χ0n) is 10.1. The summed E-state index contributed by atoms with van der Waals surface area (Å²) in [5.41, 5.74) is 7.11. The molecule has 0 atom stereocenters. The molecule has 90 valence electrons. The molecule has 3 heteroatoms. The molecule has 0 unspecified atom stereocenters. The summed E-state index contributed by atoms with van der Waals surface area (Å²) in [6.07, 6.45) is 5.41. The Labute approximate surface area is 101 Å². The molecule has 1 aromatic carbocycles. The first-order chi connectivity index (χ1) is 8.24. The largest absolute Gasteiger partial charge is 0.366 e. The number of benzene rings is 1. The topological polar surface area (TPSA) is 48.0 Å². The molecule has 0 spiro atoms. The van der Waals surface area contributed by atoms with Crippen LogP contribution in [0, 0.1) is 0 Å². The fourth-order valence-corrected chi connectivity index (χ4v) is 2.16. The average molecular weight is 230 g/mol. The molecule has 0 fully saturated rings. The molecule has 0 bridgehead atoms. The predicted octanol–water partition coefficient (Wildman–Crippen LogP) is 2.93. The lowest BCUT2D eigenvalue weighted by molar-refractivity contribution is 0.100. The van der Waals surface area contributed by atoms with Gasteiger partial charge in [0.15, 0.2) is 0 Å². The fourth-order valence-electron chi connectivity index (χ4n) is 2.16. The second-order valence-corrected chi connectivity index (χ2v) is 4.32. The molecule has 0 saturated carbocycles. The van der Waals surface area contributed by atoms with Gasteiger partial charge < -0.3 is 10.3 Å². The number of fused-ring (bicyclic) bond motifs is 1. The van der Waals surface area contributed by atoms with Gasteiger partial charge in [0.2, 0.25) is 0 Å². The first-order valence-corrected chi connectivity index (χ1v) is 6.11. The highest BCUT2D eigenvalue weighted by atomic mass is 16.1. The number of rotatable bonds is 5. The first kappa shape index (κ1) is 11.7. The van der Waals surface area contributed by atoms with Crippen LogP contribution >= 0.6 is 0 Å². The maximum atomic E-state index is 11.4. The van der Waals surface area contributed by atoms with Crippen LogP contribution in [0.3, 0.4) is 0 Å². The Morgan fingerprint density at radius 3 is 2.76 bits per heavy atom. The molecule has 0 aliphatic heterocycles. The van der Waals surface area contributed by atoms with E-state index in [1.807, 2.05) is 30.5 Å². The third-order valence-corrected chi connectivity index (χ3v) is 3.06. The first-order valence-electron chi connectivity index (χ1n) is 6.11. The van der Waals surface area contributed by atoms with E-state index >= 15 is 0 Å². The van der Waals surface area contributed by atoms with Crippen molar-refractivity contribution in [3.05, 3.63) is 36.0 Å². The van der Waals surface area contributed by atoms with Crippen molar-refractivity contribution < 1.29 is 4.79 Å². The molecule has 17 heavy (non-hydrogen) atoms. The van der Waals surface area contributed by atoms with Gasteiger partial charge in [0.25, 0.3) is 5.91 Å². The lowest BCUT2D eigenvalue weighted by Crippen LogP contribution is -2.10. The van der Waals surface area contributed by atoms with Gasteiger partial charge in [-0.2, -0.15) is 0 Å². The minimum absolute atomic E-state index is 0.351. The van der Waals surface area contributed by atoms with Gasteiger partial charge >= 0.3 is 0 Å². The van der Waals surface area contributed by atoms with Gasteiger partial charge in [-0.25, -0.2) is 0 Å². The average Bonchev–Trinajstić information content (AvgIpc) is 2.69. The highest BCUT2D eigenvalue weighted by molar-refractivity contribution is 6.06. The molecule has 1 amide bonds. The molecule has 3 nitrogen and oxygen atoms in total. The Bertz CT molecular complexity index is 528. The van der Waals surface area contributed by atoms with Gasteiger partial charge in [0, 0.05) is 23.6 Å². The van der Waals surface area contributed by atoms with Crippen LogP contribution in [-0.4, -0.2) is 10.5 Å². The second-order valence-electron chi connectivity index (χ2n) is 4.32. The molecule has 1 heterocycles. The van der Waals surface area contributed by atoms with E-state index < -0.39 is 0 Å². The number of aryl methyl sites for hydroxylation is 1. The van der Waals surface area contributed by atoms with Gasteiger partial charge in [-0.1, -0.05) is 38.0 Å². The molecule has 2 aromatic rings. The summed E-state index contributed by atoms with van der Waals surface area (Å²) in [6.45, 7) is 3.13. The Balaban J connectivity index is 2.38. The van der Waals surface area contributed by atoms with Crippen LogP contribution in [0.15, 0.2) is 30.5 Å². The Morgan fingerprint density at radius 2 is 2.06 bits per heavy atom. The summed E-state index contributed by atoms with van der Waals surface area (Å²) in [4.78, 5) is 11.4. The van der Waals surface area contributed by atoms with E-state index in [0.717, 1.165) is 23.9 Å². The number of amides is 1. The Kier molecular flexibility index (Phi) is 3.47. The van der Waals surface area contributed by atoms with Crippen molar-refractivity contribution in [3.8, 4) is 0 Å². The van der Waals surface area contributed by atoms with Crippen molar-refractivity contribution in [2.45, 2.75) is 32.7 Å². The lowest BCUT2D eigenvalue weighted by atomic mass is 10.2. The van der Waals surface area contributed by atoms with Gasteiger partial charge in [0.1, 0.15) is 0 Å². The minimum Gasteiger partial charge on any atom is -0.366 e. The van der Waals surface area contributed by atoms with E-state index in [0.29, 0.717) is 5.56 Å². The number of nitrogens with two attached hydrogens (primary N) is 1. The van der Waals surface area contributed by atoms with Crippen molar-refractivity contribution in [1.82, 2.24) is 4.57 Å². The summed E-state index contributed by atoms with van der Waals surface area (Å²) < 4.78 is 2.13. The fraction of sp³-hybridized carbons (Fsp3) is 0.357. The molecule has 0 aliphatic carbocycles. The van der Waals surface area contributed by atoms with E-state index in [4.69, 9.17) is 5.73 Å². The van der Waals surface area contributed by atoms with Crippen LogP contribution < -0.4 is 5.73 Å². The molecule has 2 N–H and O–H groups in total. The number of aromatic nitrogens is 1. The SMILES string of the molecule is CCCCCn1cc(C(N)=O)c2ccccc21. The highest BCUT2D eigenvalue weighted by Gasteiger charge is 2.11. The number of carbonyl (C=O) groups excluding carboxylic acids is 1. The summed E-state index contributed by atoms with van der Waals surface area (Å²) in [6, 6.07) is 7.91. The molecular weight excluding hydrogens is 212 g/mol. The highest BCUT2D eigenvalue weighted by Crippen LogP contribution is 2.21. The van der Waals surface area contributed by atoms with Crippen molar-refractivity contribution in [1.29, 1.82) is 0 Å². The number of para-hydroxylation sites is 1. The number of hydrogen-bond acceptors (Lipinski definition) is 1. The van der Waals surface area contributed by atoms with Crippen LogP contribution in [0.4, 0.5) is 0 Å². The number of primary amides is 1. The third-order valence-electron chi connectivity index (χ3n) is 3.06. The number of nitrogens with zero attached hydrogens (tertiary/aromatic N) is 1. The summed E-state index contributed by atoms with van der Waals surface area (Å²) >= 11 is 0. The van der Waals surface area contributed by atoms with E-state index in [2.05, 4.69) is 11.5 Å². The maximum Gasteiger partial charge on any atom is 0.250 e. The summed E-state index contributed by atoms with van der Waals surface area (Å²) in [5.74, 6) is -0.351. The molecule has 0 radical (unpaired) electrons. The number of unbranched alkanes of at least 4 members (excludes halogenated alkanes) is 2. The summed E-state index contributed by atoms with van der Waals surface area (Å²) in [5, 5.41) is 0.955. The van der Waals surface area contributed by atoms with Crippen molar-refractivity contribution >= 4 is 16.8 Å². The summed E-state index contributed by atoms with van der Waals surface area (Å²) in [7, 11) is 0. The van der Waals surface area contributed by atoms with Gasteiger partial charge in [-0.3, -0.25) is 4.79 Å². The minimum atomic E-state index is -0.351. The smallest absolute Gasteiger partial charge is 0.250 e. The molecule has 0 aliphatic rings. The van der Waals surface area contributed by atoms with Gasteiger partial charge in [0.05, 0.1) is 5.56 Å². The van der Waals surface area contributed by atoms with E-state index in [1.165, 1.54) is 12.8 Å². The van der Waals surface area contributed by atoms with Crippen molar-refractivity contribution in [3.63, 3.8) is 0 Å². The van der Waals surface area contributed by atoms with Crippen LogP contribution in [0.25, 0.3) is 10.9 Å². The monoisotopic (exact) mass is 230 g/mol. The van der Waals surface area contributed by atoms with Crippen LogP contribution in [0.5, 0.6) is 0 Å².